The van der Waals surface area contributed by atoms with Crippen molar-refractivity contribution in [3.05, 3.63) is 23.8 Å². The maximum absolute atomic E-state index is 10.7. The normalized spacial score (nSPS) is 9.75. The molecule has 3 N–H and O–H groups in total. The van der Waals surface area contributed by atoms with Gasteiger partial charge in [-0.1, -0.05) is 0 Å². The van der Waals surface area contributed by atoms with Gasteiger partial charge in [0, 0.05) is 4.90 Å². The summed E-state index contributed by atoms with van der Waals surface area (Å²) < 4.78 is 0. The predicted molar refractivity (Wildman–Crippen MR) is 48.4 cm³/mol. The van der Waals surface area contributed by atoms with Crippen LogP contribution in [0.15, 0.2) is 23.1 Å². The zero-order valence-electron chi connectivity index (χ0n) is 6.57. The Morgan fingerprint density at radius 2 is 2.25 bits per heavy atom. The molecule has 0 radical (unpaired) electrons. The second-order valence-corrected chi connectivity index (χ2v) is 3.13. The molecule has 0 fully saturated rings. The molecule has 4 heteroatoms. The molecular formula is C8H9NO2S. The molecule has 0 spiro atoms. The molecule has 0 unspecified atom stereocenters. The van der Waals surface area contributed by atoms with Gasteiger partial charge in [-0.3, -0.25) is 4.79 Å². The molecule has 1 aromatic carbocycles. The van der Waals surface area contributed by atoms with E-state index in [9.17, 15) is 9.90 Å². The average molecular weight is 183 g/mol. The number of primary amides is 1. The number of thioether (sulfide) groups is 1. The van der Waals surface area contributed by atoms with E-state index in [1.165, 1.54) is 23.9 Å². The topological polar surface area (TPSA) is 63.3 Å². The van der Waals surface area contributed by atoms with Crippen molar-refractivity contribution in [1.29, 1.82) is 0 Å². The van der Waals surface area contributed by atoms with Crippen LogP contribution in [0, 0.1) is 0 Å². The Morgan fingerprint density at radius 3 is 2.67 bits per heavy atom. The first-order chi connectivity index (χ1) is 5.65. The van der Waals surface area contributed by atoms with Gasteiger partial charge in [0.25, 0.3) is 5.91 Å². The third-order valence-electron chi connectivity index (χ3n) is 1.47. The van der Waals surface area contributed by atoms with Crippen LogP contribution in [0.25, 0.3) is 0 Å². The number of rotatable bonds is 2. The molecule has 0 aliphatic heterocycles. The van der Waals surface area contributed by atoms with Gasteiger partial charge in [-0.25, -0.2) is 0 Å². The molecule has 0 saturated heterocycles. The van der Waals surface area contributed by atoms with E-state index in [2.05, 4.69) is 0 Å². The van der Waals surface area contributed by atoms with Gasteiger partial charge in [-0.15, -0.1) is 11.8 Å². The van der Waals surface area contributed by atoms with Crippen molar-refractivity contribution in [1.82, 2.24) is 0 Å². The van der Waals surface area contributed by atoms with Crippen LogP contribution < -0.4 is 5.73 Å². The van der Waals surface area contributed by atoms with Gasteiger partial charge in [0.05, 0.1) is 5.56 Å². The number of carbonyl (C=O) groups is 1. The van der Waals surface area contributed by atoms with E-state index in [1.54, 1.807) is 6.07 Å². The summed E-state index contributed by atoms with van der Waals surface area (Å²) in [4.78, 5) is 11.6. The molecule has 0 aliphatic rings. The molecule has 12 heavy (non-hydrogen) atoms. The van der Waals surface area contributed by atoms with Crippen LogP contribution in [0.2, 0.25) is 0 Å². The van der Waals surface area contributed by atoms with Crippen LogP contribution in [-0.2, 0) is 0 Å². The van der Waals surface area contributed by atoms with Crippen LogP contribution in [0.1, 0.15) is 10.4 Å². The second-order valence-electron chi connectivity index (χ2n) is 2.25. The number of nitrogens with two attached hydrogens (primary N) is 1. The third-order valence-corrected chi connectivity index (χ3v) is 2.20. The Morgan fingerprint density at radius 1 is 1.58 bits per heavy atom. The molecule has 0 aromatic heterocycles. The molecule has 1 rings (SSSR count). The van der Waals surface area contributed by atoms with E-state index < -0.39 is 5.91 Å². The van der Waals surface area contributed by atoms with Crippen molar-refractivity contribution in [3.8, 4) is 5.75 Å². The number of phenols is 1. The van der Waals surface area contributed by atoms with Crippen LogP contribution in [0.3, 0.4) is 0 Å². The van der Waals surface area contributed by atoms with Crippen LogP contribution in [-0.4, -0.2) is 17.3 Å². The monoisotopic (exact) mass is 183 g/mol. The van der Waals surface area contributed by atoms with Gasteiger partial charge in [-0.05, 0) is 24.5 Å². The van der Waals surface area contributed by atoms with Crippen LogP contribution >= 0.6 is 11.8 Å². The highest BCUT2D eigenvalue weighted by molar-refractivity contribution is 7.98. The fraction of sp³-hybridized carbons (Fsp3) is 0.125. The summed E-state index contributed by atoms with van der Waals surface area (Å²) in [6.07, 6.45) is 1.89. The van der Waals surface area contributed by atoms with Crippen LogP contribution in [0.5, 0.6) is 5.75 Å². The van der Waals surface area contributed by atoms with Gasteiger partial charge in [-0.2, -0.15) is 0 Å². The van der Waals surface area contributed by atoms with Gasteiger partial charge >= 0.3 is 0 Å². The third kappa shape index (κ3) is 1.71. The lowest BCUT2D eigenvalue weighted by molar-refractivity contribution is 0.0997. The van der Waals surface area contributed by atoms with E-state index in [4.69, 9.17) is 5.73 Å². The molecular weight excluding hydrogens is 174 g/mol. The van der Waals surface area contributed by atoms with E-state index in [0.717, 1.165) is 4.90 Å². The Bertz CT molecular complexity index is 312. The minimum atomic E-state index is -0.611. The maximum Gasteiger partial charge on any atom is 0.252 e. The fourth-order valence-electron chi connectivity index (χ4n) is 0.847. The fourth-order valence-corrected chi connectivity index (χ4v) is 1.28. The van der Waals surface area contributed by atoms with Crippen molar-refractivity contribution in [2.75, 3.05) is 6.26 Å². The summed E-state index contributed by atoms with van der Waals surface area (Å²) in [7, 11) is 0. The quantitative estimate of drug-likeness (QED) is 0.677. The molecule has 64 valence electrons. The highest BCUT2D eigenvalue weighted by Gasteiger charge is 2.06. The van der Waals surface area contributed by atoms with E-state index in [1.807, 2.05) is 6.26 Å². The number of benzene rings is 1. The Labute approximate surface area is 74.6 Å². The van der Waals surface area contributed by atoms with Gasteiger partial charge in [0.1, 0.15) is 5.75 Å². The first kappa shape index (κ1) is 8.93. The Hall–Kier alpha value is -1.16. The summed E-state index contributed by atoms with van der Waals surface area (Å²) in [6, 6.07) is 4.78. The summed E-state index contributed by atoms with van der Waals surface area (Å²) in [5, 5.41) is 9.28. The molecule has 1 amide bonds. The maximum atomic E-state index is 10.7. The lowest BCUT2D eigenvalue weighted by atomic mass is 10.2. The van der Waals surface area contributed by atoms with Gasteiger partial charge < -0.3 is 10.8 Å². The molecule has 0 saturated carbocycles. The standard InChI is InChI=1S/C8H9NO2S/c1-12-5-2-3-6(8(9)11)7(10)4-5/h2-4,10H,1H3,(H2,9,11). The highest BCUT2D eigenvalue weighted by Crippen LogP contribution is 2.23. The zero-order chi connectivity index (χ0) is 9.14. The Kier molecular flexibility index (Phi) is 2.60. The summed E-state index contributed by atoms with van der Waals surface area (Å²) in [5.41, 5.74) is 5.16. The molecule has 3 nitrogen and oxygen atoms in total. The minimum Gasteiger partial charge on any atom is -0.507 e. The lowest BCUT2D eigenvalue weighted by Crippen LogP contribution is -2.10. The first-order valence-corrected chi connectivity index (χ1v) is 4.54. The van der Waals surface area contributed by atoms with Crippen molar-refractivity contribution in [2.24, 2.45) is 5.73 Å². The summed E-state index contributed by atoms with van der Waals surface area (Å²) in [6.45, 7) is 0. The molecule has 0 heterocycles. The smallest absolute Gasteiger partial charge is 0.252 e. The van der Waals surface area contributed by atoms with Gasteiger partial charge in [0.2, 0.25) is 0 Å². The number of hydrogen-bond acceptors (Lipinski definition) is 3. The number of hydrogen-bond donors (Lipinski definition) is 2. The molecule has 0 bridgehead atoms. The van der Waals surface area contributed by atoms with E-state index >= 15 is 0 Å². The minimum absolute atomic E-state index is 0.0608. The SMILES string of the molecule is CSc1ccc(C(N)=O)c(O)c1. The van der Waals surface area contributed by atoms with Gasteiger partial charge in [0.15, 0.2) is 0 Å². The molecule has 1 aromatic rings. The average Bonchev–Trinajstić information content (AvgIpc) is 2.03. The Balaban J connectivity index is 3.12. The lowest BCUT2D eigenvalue weighted by Gasteiger charge is -2.01. The first-order valence-electron chi connectivity index (χ1n) is 3.32. The van der Waals surface area contributed by atoms with Crippen molar-refractivity contribution in [2.45, 2.75) is 4.90 Å². The van der Waals surface area contributed by atoms with Crippen molar-refractivity contribution in [3.63, 3.8) is 0 Å². The van der Waals surface area contributed by atoms with Crippen molar-refractivity contribution < 1.29 is 9.90 Å². The largest absolute Gasteiger partial charge is 0.507 e. The van der Waals surface area contributed by atoms with Crippen LogP contribution in [0.4, 0.5) is 0 Å². The predicted octanol–water partition coefficient (Wildman–Crippen LogP) is 1.21. The van der Waals surface area contributed by atoms with Crippen molar-refractivity contribution >= 4 is 17.7 Å². The molecule has 0 aliphatic carbocycles. The highest BCUT2D eigenvalue weighted by atomic mass is 32.2. The summed E-state index contributed by atoms with van der Waals surface area (Å²) in [5.74, 6) is -0.672. The van der Waals surface area contributed by atoms with E-state index in [0.29, 0.717) is 0 Å². The number of aromatic hydroxyl groups is 1. The van der Waals surface area contributed by atoms with E-state index in [-0.39, 0.29) is 11.3 Å². The number of carbonyl (C=O) groups excluding carboxylic acids is 1. The summed E-state index contributed by atoms with van der Waals surface area (Å²) >= 11 is 1.49. The number of amides is 1. The molecule has 0 atom stereocenters. The second kappa shape index (κ2) is 3.49. The zero-order valence-corrected chi connectivity index (χ0v) is 7.39.